The molecule has 1 N–H and O–H groups in total. The standard InChI is InChI=1S/C13H13N3O2S/c1-2-7-18-11-5-3-10(4-6-11)8-14-16-13-15-12(17)9-19-13/h2-6,8H,1,7,9H2,(H,15,16,17). The summed E-state index contributed by atoms with van der Waals surface area (Å²) in [6.45, 7) is 4.07. The molecule has 1 aliphatic heterocycles. The van der Waals surface area contributed by atoms with Gasteiger partial charge in [0.1, 0.15) is 12.4 Å². The summed E-state index contributed by atoms with van der Waals surface area (Å²) in [5, 5.41) is 11.0. The van der Waals surface area contributed by atoms with Crippen LogP contribution in [0.25, 0.3) is 0 Å². The first kappa shape index (κ1) is 13.4. The van der Waals surface area contributed by atoms with Crippen LogP contribution in [0.5, 0.6) is 5.75 Å². The highest BCUT2D eigenvalue weighted by Crippen LogP contribution is 2.11. The number of carbonyl (C=O) groups is 1. The van der Waals surface area contributed by atoms with Crippen LogP contribution in [0.2, 0.25) is 0 Å². The number of benzene rings is 1. The van der Waals surface area contributed by atoms with Crippen LogP contribution in [0.15, 0.2) is 47.1 Å². The molecule has 0 atom stereocenters. The van der Waals surface area contributed by atoms with E-state index in [9.17, 15) is 4.79 Å². The Kier molecular flexibility index (Phi) is 4.74. The maximum Gasteiger partial charge on any atom is 0.236 e. The first-order valence-electron chi connectivity index (χ1n) is 5.65. The highest BCUT2D eigenvalue weighted by Gasteiger charge is 2.15. The van der Waals surface area contributed by atoms with Crippen LogP contribution in [0.4, 0.5) is 0 Å². The minimum atomic E-state index is -0.0392. The topological polar surface area (TPSA) is 63.1 Å². The number of nitrogens with zero attached hydrogens (tertiary/aromatic N) is 2. The molecule has 1 aromatic rings. The Morgan fingerprint density at radius 3 is 2.84 bits per heavy atom. The Balaban J connectivity index is 1.92. The molecule has 1 aromatic carbocycles. The lowest BCUT2D eigenvalue weighted by Crippen LogP contribution is -2.19. The molecule has 0 spiro atoms. The van der Waals surface area contributed by atoms with Crippen molar-refractivity contribution in [3.63, 3.8) is 0 Å². The number of thioether (sulfide) groups is 1. The van der Waals surface area contributed by atoms with Gasteiger partial charge in [0.25, 0.3) is 0 Å². The number of amidine groups is 1. The van der Waals surface area contributed by atoms with Gasteiger partial charge >= 0.3 is 0 Å². The van der Waals surface area contributed by atoms with Crippen molar-refractivity contribution in [2.45, 2.75) is 0 Å². The molecule has 98 valence electrons. The second-order valence-electron chi connectivity index (χ2n) is 3.66. The molecule has 1 aliphatic rings. The summed E-state index contributed by atoms with van der Waals surface area (Å²) in [5.74, 6) is 1.15. The molecule has 5 nitrogen and oxygen atoms in total. The molecule has 1 saturated heterocycles. The number of hydrogen-bond acceptors (Lipinski definition) is 5. The van der Waals surface area contributed by atoms with E-state index in [1.54, 1.807) is 12.3 Å². The van der Waals surface area contributed by atoms with E-state index in [-0.39, 0.29) is 5.91 Å². The molecule has 1 amide bonds. The van der Waals surface area contributed by atoms with Gasteiger partial charge in [-0.3, -0.25) is 4.79 Å². The summed E-state index contributed by atoms with van der Waals surface area (Å²) < 4.78 is 5.37. The minimum Gasteiger partial charge on any atom is -0.490 e. The zero-order valence-electron chi connectivity index (χ0n) is 10.2. The Morgan fingerprint density at radius 2 is 2.21 bits per heavy atom. The normalized spacial score (nSPS) is 16.8. The van der Waals surface area contributed by atoms with Crippen molar-refractivity contribution in [2.75, 3.05) is 12.4 Å². The lowest BCUT2D eigenvalue weighted by atomic mass is 10.2. The van der Waals surface area contributed by atoms with Gasteiger partial charge in [0.05, 0.1) is 12.0 Å². The molecule has 1 fully saturated rings. The average molecular weight is 275 g/mol. The minimum absolute atomic E-state index is 0.0392. The fourth-order valence-corrected chi connectivity index (χ4v) is 1.96. The molecular formula is C13H13N3O2S. The first-order valence-corrected chi connectivity index (χ1v) is 6.64. The second kappa shape index (κ2) is 6.75. The van der Waals surface area contributed by atoms with E-state index < -0.39 is 0 Å². The van der Waals surface area contributed by atoms with Crippen molar-refractivity contribution in [3.05, 3.63) is 42.5 Å². The van der Waals surface area contributed by atoms with Gasteiger partial charge in [-0.25, -0.2) is 0 Å². The molecule has 2 rings (SSSR count). The highest BCUT2D eigenvalue weighted by atomic mass is 32.2. The molecule has 0 aromatic heterocycles. The van der Waals surface area contributed by atoms with E-state index in [0.717, 1.165) is 11.3 Å². The van der Waals surface area contributed by atoms with Crippen molar-refractivity contribution < 1.29 is 9.53 Å². The van der Waals surface area contributed by atoms with Gasteiger partial charge in [0, 0.05) is 0 Å². The zero-order valence-corrected chi connectivity index (χ0v) is 11.0. The zero-order chi connectivity index (χ0) is 13.5. The number of nitrogens with one attached hydrogen (secondary N) is 1. The summed E-state index contributed by atoms with van der Waals surface area (Å²) in [4.78, 5) is 10.9. The Bertz CT molecular complexity index is 523. The van der Waals surface area contributed by atoms with Crippen molar-refractivity contribution >= 4 is 29.1 Å². The van der Waals surface area contributed by atoms with Crippen molar-refractivity contribution in [2.24, 2.45) is 10.2 Å². The lowest BCUT2D eigenvalue weighted by Gasteiger charge is -2.02. The van der Waals surface area contributed by atoms with Crippen LogP contribution in [0, 0.1) is 0 Å². The maximum absolute atomic E-state index is 10.9. The lowest BCUT2D eigenvalue weighted by molar-refractivity contribution is -0.116. The smallest absolute Gasteiger partial charge is 0.236 e. The van der Waals surface area contributed by atoms with Crippen molar-refractivity contribution in [1.29, 1.82) is 0 Å². The SMILES string of the molecule is C=CCOc1ccc(C=NN=C2NC(=O)CS2)cc1. The molecule has 0 saturated carbocycles. The fourth-order valence-electron chi connectivity index (χ4n) is 1.33. The van der Waals surface area contributed by atoms with Crippen LogP contribution in [-0.4, -0.2) is 29.6 Å². The van der Waals surface area contributed by atoms with Gasteiger partial charge in [0.2, 0.25) is 5.91 Å². The highest BCUT2D eigenvalue weighted by molar-refractivity contribution is 8.15. The van der Waals surface area contributed by atoms with E-state index >= 15 is 0 Å². The predicted octanol–water partition coefficient (Wildman–Crippen LogP) is 1.80. The molecule has 19 heavy (non-hydrogen) atoms. The maximum atomic E-state index is 10.9. The largest absolute Gasteiger partial charge is 0.490 e. The van der Waals surface area contributed by atoms with E-state index in [1.165, 1.54) is 11.8 Å². The summed E-state index contributed by atoms with van der Waals surface area (Å²) in [6, 6.07) is 7.46. The molecule has 0 unspecified atom stereocenters. The van der Waals surface area contributed by atoms with Crippen LogP contribution in [0.1, 0.15) is 5.56 Å². The average Bonchev–Trinajstić information content (AvgIpc) is 2.84. The van der Waals surface area contributed by atoms with Crippen LogP contribution >= 0.6 is 11.8 Å². The molecule has 6 heteroatoms. The van der Waals surface area contributed by atoms with Gasteiger partial charge in [-0.2, -0.15) is 5.10 Å². The third-order valence-electron chi connectivity index (χ3n) is 2.19. The van der Waals surface area contributed by atoms with Crippen LogP contribution in [-0.2, 0) is 4.79 Å². The number of carbonyl (C=O) groups excluding carboxylic acids is 1. The second-order valence-corrected chi connectivity index (χ2v) is 4.62. The van der Waals surface area contributed by atoms with E-state index in [1.807, 2.05) is 24.3 Å². The number of amides is 1. The number of rotatable bonds is 5. The van der Waals surface area contributed by atoms with Crippen LogP contribution in [0.3, 0.4) is 0 Å². The molecule has 1 heterocycles. The number of ether oxygens (including phenoxy) is 1. The first-order chi connectivity index (χ1) is 9.28. The van der Waals surface area contributed by atoms with Crippen LogP contribution < -0.4 is 10.1 Å². The Labute approximate surface area is 115 Å². The fraction of sp³-hybridized carbons (Fsp3) is 0.154. The van der Waals surface area contributed by atoms with Gasteiger partial charge in [0.15, 0.2) is 5.17 Å². The van der Waals surface area contributed by atoms with E-state index in [4.69, 9.17) is 4.74 Å². The van der Waals surface area contributed by atoms with E-state index in [0.29, 0.717) is 17.5 Å². The number of hydrogen-bond donors (Lipinski definition) is 1. The third-order valence-corrected chi connectivity index (χ3v) is 3.05. The van der Waals surface area contributed by atoms with Gasteiger partial charge < -0.3 is 10.1 Å². The summed E-state index contributed by atoms with van der Waals surface area (Å²) in [5.41, 5.74) is 0.907. The molecule has 0 radical (unpaired) electrons. The molecule has 0 bridgehead atoms. The Hall–Kier alpha value is -2.08. The van der Waals surface area contributed by atoms with Gasteiger partial charge in [-0.15, -0.1) is 5.10 Å². The monoisotopic (exact) mass is 275 g/mol. The molecule has 0 aliphatic carbocycles. The summed E-state index contributed by atoms with van der Waals surface area (Å²) in [6.07, 6.45) is 3.31. The van der Waals surface area contributed by atoms with Crippen molar-refractivity contribution in [3.8, 4) is 5.75 Å². The van der Waals surface area contributed by atoms with Gasteiger partial charge in [-0.05, 0) is 29.8 Å². The van der Waals surface area contributed by atoms with E-state index in [2.05, 4.69) is 22.1 Å². The summed E-state index contributed by atoms with van der Waals surface area (Å²) in [7, 11) is 0. The van der Waals surface area contributed by atoms with Crippen molar-refractivity contribution in [1.82, 2.24) is 5.32 Å². The summed E-state index contributed by atoms with van der Waals surface area (Å²) >= 11 is 1.34. The predicted molar refractivity (Wildman–Crippen MR) is 77.8 cm³/mol. The quantitative estimate of drug-likeness (QED) is 0.506. The van der Waals surface area contributed by atoms with Gasteiger partial charge in [-0.1, -0.05) is 24.4 Å². The molecular weight excluding hydrogens is 262 g/mol. The third kappa shape index (κ3) is 4.26. The Morgan fingerprint density at radius 1 is 1.42 bits per heavy atom.